The van der Waals surface area contributed by atoms with Crippen LogP contribution >= 0.6 is 0 Å². The Morgan fingerprint density at radius 3 is 2.67 bits per heavy atom. The Hall–Kier alpha value is -1.78. The Kier molecular flexibility index (Phi) is 6.43. The predicted octanol–water partition coefficient (Wildman–Crippen LogP) is 4.18. The first-order valence-electron chi connectivity index (χ1n) is 9.57. The fraction of sp³-hybridized carbons (Fsp3) is 0.700. The largest absolute Gasteiger partial charge is 0.444 e. The Morgan fingerprint density at radius 2 is 2.11 bits per heavy atom. The van der Waals surface area contributed by atoms with Crippen molar-refractivity contribution in [1.29, 1.82) is 0 Å². The summed E-state index contributed by atoms with van der Waals surface area (Å²) in [7, 11) is -1.42. The van der Waals surface area contributed by atoms with Crippen LogP contribution in [-0.4, -0.2) is 46.5 Å². The molecule has 1 aliphatic heterocycles. The molecule has 0 radical (unpaired) electrons. The highest BCUT2D eigenvalue weighted by molar-refractivity contribution is 6.77. The van der Waals surface area contributed by atoms with E-state index in [1.54, 1.807) is 11.1 Å². The molecular weight excluding hydrogens is 358 g/mol. The van der Waals surface area contributed by atoms with E-state index >= 15 is 0 Å². The van der Waals surface area contributed by atoms with Gasteiger partial charge >= 0.3 is 6.09 Å². The summed E-state index contributed by atoms with van der Waals surface area (Å²) in [5.74, 6) is 3.45. The first-order chi connectivity index (χ1) is 12.4. The number of carbonyl (C=O) groups is 1. The van der Waals surface area contributed by atoms with Crippen molar-refractivity contribution in [2.75, 3.05) is 6.54 Å². The third-order valence-electron chi connectivity index (χ3n) is 4.89. The molecule has 150 valence electrons. The van der Waals surface area contributed by atoms with E-state index in [1.807, 2.05) is 25.3 Å². The van der Waals surface area contributed by atoms with Gasteiger partial charge in [-0.3, -0.25) is 9.47 Å². The number of rotatable bonds is 5. The van der Waals surface area contributed by atoms with Gasteiger partial charge in [-0.15, -0.1) is 6.42 Å². The van der Waals surface area contributed by atoms with E-state index in [2.05, 4.69) is 37.5 Å². The number of amides is 1. The Balaban J connectivity index is 2.23. The Labute approximate surface area is 164 Å². The van der Waals surface area contributed by atoms with Gasteiger partial charge in [-0.05, 0) is 40.5 Å². The number of carbonyl (C=O) groups excluding carboxylic acids is 1. The molecule has 2 heterocycles. The average Bonchev–Trinajstić information content (AvgIpc) is 3.15. The maximum atomic E-state index is 12.6. The van der Waals surface area contributed by atoms with Gasteiger partial charge < -0.3 is 9.47 Å². The number of ether oxygens (including phenoxy) is 2. The van der Waals surface area contributed by atoms with E-state index in [1.165, 1.54) is 0 Å². The van der Waals surface area contributed by atoms with Crippen molar-refractivity contribution in [2.24, 2.45) is 0 Å². The van der Waals surface area contributed by atoms with Crippen LogP contribution in [0.25, 0.3) is 0 Å². The summed E-state index contributed by atoms with van der Waals surface area (Å²) in [5.41, 5.74) is 0.326. The molecule has 27 heavy (non-hydrogen) atoms. The van der Waals surface area contributed by atoms with Gasteiger partial charge in [0.15, 0.2) is 0 Å². The van der Waals surface area contributed by atoms with Crippen LogP contribution in [0.15, 0.2) is 6.20 Å². The number of nitrogens with zero attached hydrogens (tertiary/aromatic N) is 3. The van der Waals surface area contributed by atoms with Crippen LogP contribution in [0.4, 0.5) is 4.79 Å². The predicted molar refractivity (Wildman–Crippen MR) is 109 cm³/mol. The topological polar surface area (TPSA) is 56.6 Å². The van der Waals surface area contributed by atoms with Gasteiger partial charge in [0.2, 0.25) is 0 Å². The van der Waals surface area contributed by atoms with Crippen LogP contribution in [0.2, 0.25) is 19.6 Å². The highest BCUT2D eigenvalue weighted by atomic mass is 28.3. The van der Waals surface area contributed by atoms with Crippen molar-refractivity contribution >= 4 is 14.2 Å². The first-order valence-corrected chi connectivity index (χ1v) is 13.1. The third kappa shape index (κ3) is 5.36. The average molecular weight is 392 g/mol. The van der Waals surface area contributed by atoms with Gasteiger partial charge in [-0.1, -0.05) is 25.6 Å². The second-order valence-corrected chi connectivity index (χ2v) is 14.8. The van der Waals surface area contributed by atoms with E-state index in [0.717, 1.165) is 18.7 Å². The number of imidazole rings is 1. The molecule has 7 heteroatoms. The minimum atomic E-state index is -1.42. The highest BCUT2D eigenvalue weighted by Crippen LogP contribution is 2.33. The molecule has 0 bridgehead atoms. The molecule has 2 rings (SSSR count). The first kappa shape index (κ1) is 21.5. The lowest BCUT2D eigenvalue weighted by atomic mass is 10.2. The summed E-state index contributed by atoms with van der Waals surface area (Å²) in [4.78, 5) is 18.9. The van der Waals surface area contributed by atoms with Crippen LogP contribution < -0.4 is 0 Å². The molecule has 0 aromatic carbocycles. The SMILES string of the molecule is C#Cc1cnc(C2CCCN2C(=O)OC(C)(C)C)n1COC(C)[Si](C)(C)C. The second kappa shape index (κ2) is 8.07. The Morgan fingerprint density at radius 1 is 1.44 bits per heavy atom. The number of likely N-dealkylation sites (tertiary alicyclic amines) is 1. The summed E-state index contributed by atoms with van der Waals surface area (Å²) < 4.78 is 13.6. The highest BCUT2D eigenvalue weighted by Gasteiger charge is 2.36. The van der Waals surface area contributed by atoms with Gasteiger partial charge in [0.1, 0.15) is 23.9 Å². The van der Waals surface area contributed by atoms with Gasteiger partial charge in [0, 0.05) is 12.3 Å². The minimum absolute atomic E-state index is 0.146. The number of hydrogen-bond acceptors (Lipinski definition) is 4. The van der Waals surface area contributed by atoms with E-state index < -0.39 is 13.7 Å². The zero-order valence-electron chi connectivity index (χ0n) is 17.7. The third-order valence-corrected chi connectivity index (χ3v) is 7.49. The van der Waals surface area contributed by atoms with Crippen molar-refractivity contribution in [3.8, 4) is 12.3 Å². The van der Waals surface area contributed by atoms with Crippen molar-refractivity contribution in [3.05, 3.63) is 17.7 Å². The van der Waals surface area contributed by atoms with Gasteiger partial charge in [-0.2, -0.15) is 0 Å². The summed E-state index contributed by atoms with van der Waals surface area (Å²) in [6.07, 6.45) is 8.79. The quantitative estimate of drug-likeness (QED) is 0.558. The maximum Gasteiger partial charge on any atom is 0.410 e. The second-order valence-electron chi connectivity index (χ2n) is 9.21. The zero-order valence-corrected chi connectivity index (χ0v) is 18.7. The number of terminal acetylenes is 1. The van der Waals surface area contributed by atoms with E-state index in [-0.39, 0.29) is 17.9 Å². The molecule has 1 aromatic rings. The fourth-order valence-corrected chi connectivity index (χ4v) is 3.49. The van der Waals surface area contributed by atoms with Gasteiger partial charge in [0.05, 0.1) is 20.3 Å². The van der Waals surface area contributed by atoms with Crippen LogP contribution in [0.5, 0.6) is 0 Å². The van der Waals surface area contributed by atoms with Crippen LogP contribution in [0.3, 0.4) is 0 Å². The van der Waals surface area contributed by atoms with Gasteiger partial charge in [0.25, 0.3) is 0 Å². The standard InChI is InChI=1S/C20H33N3O3Si/c1-9-16-13-21-18(23(16)14-25-15(2)27(6,7)8)17-11-10-12-22(17)19(24)26-20(3,4)5/h1,13,15,17H,10-12,14H2,2-8H3. The van der Waals surface area contributed by atoms with Crippen LogP contribution in [0, 0.1) is 12.3 Å². The molecule has 1 saturated heterocycles. The van der Waals surface area contributed by atoms with Gasteiger partial charge in [-0.25, -0.2) is 9.78 Å². The molecule has 1 amide bonds. The summed E-state index contributed by atoms with van der Waals surface area (Å²) in [6, 6.07) is -0.146. The van der Waals surface area contributed by atoms with Crippen molar-refractivity contribution in [3.63, 3.8) is 0 Å². The molecule has 2 unspecified atom stereocenters. The minimum Gasteiger partial charge on any atom is -0.444 e. The molecular formula is C20H33N3O3Si. The molecule has 1 aliphatic rings. The Bertz CT molecular complexity index is 710. The van der Waals surface area contributed by atoms with E-state index in [9.17, 15) is 4.79 Å². The smallest absolute Gasteiger partial charge is 0.410 e. The normalized spacial score (nSPS) is 19.0. The molecule has 0 N–H and O–H groups in total. The zero-order chi connectivity index (χ0) is 20.4. The molecule has 0 saturated carbocycles. The molecule has 1 fully saturated rings. The lowest BCUT2D eigenvalue weighted by molar-refractivity contribution is 0.0194. The van der Waals surface area contributed by atoms with E-state index in [4.69, 9.17) is 15.9 Å². The maximum absolute atomic E-state index is 12.6. The molecule has 0 spiro atoms. The van der Waals surface area contributed by atoms with E-state index in [0.29, 0.717) is 19.0 Å². The molecule has 6 nitrogen and oxygen atoms in total. The fourth-order valence-electron chi connectivity index (χ4n) is 2.92. The monoisotopic (exact) mass is 391 g/mol. The molecule has 2 atom stereocenters. The summed E-state index contributed by atoms with van der Waals surface area (Å²) in [6.45, 7) is 15.6. The van der Waals surface area contributed by atoms with Crippen molar-refractivity contribution < 1.29 is 14.3 Å². The number of aromatic nitrogens is 2. The lowest BCUT2D eigenvalue weighted by Crippen LogP contribution is -2.39. The number of hydrogen-bond donors (Lipinski definition) is 0. The van der Waals surface area contributed by atoms with Crippen molar-refractivity contribution in [1.82, 2.24) is 14.5 Å². The van der Waals surface area contributed by atoms with Crippen LogP contribution in [-0.2, 0) is 16.2 Å². The van der Waals surface area contributed by atoms with Crippen LogP contribution in [0.1, 0.15) is 58.1 Å². The molecule has 0 aliphatic carbocycles. The summed E-state index contributed by atoms with van der Waals surface area (Å²) >= 11 is 0. The van der Waals surface area contributed by atoms with Crippen molar-refractivity contribution in [2.45, 2.75) is 84.3 Å². The lowest BCUT2D eigenvalue weighted by Gasteiger charge is -2.29. The summed E-state index contributed by atoms with van der Waals surface area (Å²) in [5, 5.41) is 0. The molecule has 1 aromatic heterocycles.